The lowest BCUT2D eigenvalue weighted by Gasteiger charge is -2.23. The normalized spacial score (nSPS) is 17.5. The molecule has 1 heterocycles. The number of benzene rings is 1. The molecule has 8 heteroatoms. The maximum atomic E-state index is 13.0. The van der Waals surface area contributed by atoms with E-state index in [1.807, 2.05) is 0 Å². The smallest absolute Gasteiger partial charge is 0.307 e. The van der Waals surface area contributed by atoms with Gasteiger partial charge in [0.15, 0.2) is 0 Å². The van der Waals surface area contributed by atoms with Crippen LogP contribution in [0, 0.1) is 5.92 Å². The minimum atomic E-state index is -3.58. The number of hydrogen-bond donors (Lipinski definition) is 0. The summed E-state index contributed by atoms with van der Waals surface area (Å²) in [6, 6.07) is 6.24. The zero-order valence-electron chi connectivity index (χ0n) is 16.3. The van der Waals surface area contributed by atoms with Crippen LogP contribution in [-0.4, -0.2) is 62.3 Å². The predicted octanol–water partition coefficient (Wildman–Crippen LogP) is 2.28. The Kier molecular flexibility index (Phi) is 6.72. The molecule has 0 bridgehead atoms. The van der Waals surface area contributed by atoms with Gasteiger partial charge in [-0.3, -0.25) is 9.59 Å². The van der Waals surface area contributed by atoms with Gasteiger partial charge in [0.1, 0.15) is 0 Å². The van der Waals surface area contributed by atoms with Crippen molar-refractivity contribution in [1.29, 1.82) is 0 Å². The largest absolute Gasteiger partial charge is 0.466 e. The molecule has 1 aliphatic carbocycles. The summed E-state index contributed by atoms with van der Waals surface area (Å²) in [7, 11) is -3.58. The summed E-state index contributed by atoms with van der Waals surface area (Å²) in [6.07, 6.45) is 4.01. The fourth-order valence-corrected chi connectivity index (χ4v) is 4.96. The monoisotopic (exact) mass is 408 g/mol. The number of hydrogen-bond acceptors (Lipinski definition) is 5. The van der Waals surface area contributed by atoms with Crippen molar-refractivity contribution in [2.45, 2.75) is 43.9 Å². The molecule has 1 saturated heterocycles. The highest BCUT2D eigenvalue weighted by atomic mass is 32.2. The van der Waals surface area contributed by atoms with E-state index in [1.54, 1.807) is 24.0 Å². The van der Waals surface area contributed by atoms with Crippen molar-refractivity contribution in [2.75, 3.05) is 32.8 Å². The van der Waals surface area contributed by atoms with Crippen LogP contribution in [-0.2, 0) is 19.6 Å². The summed E-state index contributed by atoms with van der Waals surface area (Å²) in [4.78, 5) is 26.5. The molecule has 7 nitrogen and oxygen atoms in total. The predicted molar refractivity (Wildman–Crippen MR) is 104 cm³/mol. The lowest BCUT2D eigenvalue weighted by molar-refractivity contribution is -0.143. The lowest BCUT2D eigenvalue weighted by atomic mass is 10.2. The Balaban J connectivity index is 1.75. The fourth-order valence-electron chi connectivity index (χ4n) is 3.40. The van der Waals surface area contributed by atoms with E-state index >= 15 is 0 Å². The molecule has 1 aliphatic heterocycles. The molecule has 2 aliphatic rings. The molecule has 3 rings (SSSR count). The molecule has 1 aromatic rings. The third-order valence-corrected chi connectivity index (χ3v) is 7.03. The second kappa shape index (κ2) is 9.05. The second-order valence-electron chi connectivity index (χ2n) is 7.39. The van der Waals surface area contributed by atoms with E-state index in [1.165, 1.54) is 16.4 Å². The standard InChI is InChI=1S/C20H28N2O5S/c1-2-27-19(23)10-13-21(15-16-8-9-16)20(24)17-6-5-7-18(14-17)28(25,26)22-11-3-4-12-22/h5-7,14,16H,2-4,8-13,15H2,1H3. The van der Waals surface area contributed by atoms with Gasteiger partial charge in [0.05, 0.1) is 17.9 Å². The van der Waals surface area contributed by atoms with E-state index in [0.717, 1.165) is 25.7 Å². The minimum Gasteiger partial charge on any atom is -0.466 e. The van der Waals surface area contributed by atoms with Crippen molar-refractivity contribution < 1.29 is 22.7 Å². The van der Waals surface area contributed by atoms with Gasteiger partial charge in [-0.25, -0.2) is 8.42 Å². The van der Waals surface area contributed by atoms with Crippen LogP contribution < -0.4 is 0 Å². The number of carbonyl (C=O) groups is 2. The van der Waals surface area contributed by atoms with Gasteiger partial charge in [-0.15, -0.1) is 0 Å². The zero-order chi connectivity index (χ0) is 20.1. The SMILES string of the molecule is CCOC(=O)CCN(CC1CC1)C(=O)c1cccc(S(=O)(=O)N2CCCC2)c1. The molecule has 1 saturated carbocycles. The van der Waals surface area contributed by atoms with E-state index in [-0.39, 0.29) is 29.7 Å². The third kappa shape index (κ3) is 5.11. The zero-order valence-corrected chi connectivity index (χ0v) is 17.1. The van der Waals surface area contributed by atoms with Crippen LogP contribution in [0.25, 0.3) is 0 Å². The Bertz CT molecular complexity index is 814. The Morgan fingerprint density at radius 1 is 1.21 bits per heavy atom. The molecule has 0 aromatic heterocycles. The number of rotatable bonds is 9. The van der Waals surface area contributed by atoms with Crippen molar-refractivity contribution in [2.24, 2.45) is 5.92 Å². The first-order valence-corrected chi connectivity index (χ1v) is 11.4. The Labute approximate surface area is 166 Å². The molecular weight excluding hydrogens is 380 g/mol. The first-order valence-electron chi connectivity index (χ1n) is 9.97. The van der Waals surface area contributed by atoms with Crippen LogP contribution >= 0.6 is 0 Å². The maximum Gasteiger partial charge on any atom is 0.307 e. The Morgan fingerprint density at radius 3 is 2.57 bits per heavy atom. The van der Waals surface area contributed by atoms with Gasteiger partial charge in [-0.1, -0.05) is 6.07 Å². The topological polar surface area (TPSA) is 84.0 Å². The molecule has 154 valence electrons. The highest BCUT2D eigenvalue weighted by molar-refractivity contribution is 7.89. The summed E-state index contributed by atoms with van der Waals surface area (Å²) in [6.45, 7) is 3.96. The Hall–Kier alpha value is -1.93. The number of esters is 1. The average molecular weight is 409 g/mol. The molecule has 0 unspecified atom stereocenters. The van der Waals surface area contributed by atoms with Crippen LogP contribution in [0.5, 0.6) is 0 Å². The van der Waals surface area contributed by atoms with E-state index < -0.39 is 10.0 Å². The quantitative estimate of drug-likeness (QED) is 0.585. The van der Waals surface area contributed by atoms with E-state index in [4.69, 9.17) is 4.74 Å². The van der Waals surface area contributed by atoms with E-state index in [9.17, 15) is 18.0 Å². The number of carbonyl (C=O) groups excluding carboxylic acids is 2. The summed E-state index contributed by atoms with van der Waals surface area (Å²) in [5.74, 6) is -0.112. The first kappa shape index (κ1) is 20.8. The maximum absolute atomic E-state index is 13.0. The minimum absolute atomic E-state index is 0.137. The van der Waals surface area contributed by atoms with Crippen molar-refractivity contribution in [3.8, 4) is 0 Å². The number of sulfonamides is 1. The molecule has 0 N–H and O–H groups in total. The van der Waals surface area contributed by atoms with Crippen LogP contribution in [0.2, 0.25) is 0 Å². The average Bonchev–Trinajstić information content (AvgIpc) is 3.32. The summed E-state index contributed by atoms with van der Waals surface area (Å²) in [5.41, 5.74) is 0.338. The van der Waals surface area contributed by atoms with Gasteiger partial charge in [0.2, 0.25) is 10.0 Å². The van der Waals surface area contributed by atoms with Crippen molar-refractivity contribution in [3.63, 3.8) is 0 Å². The summed E-state index contributed by atoms with van der Waals surface area (Å²) in [5, 5.41) is 0. The molecule has 0 radical (unpaired) electrons. The molecule has 0 spiro atoms. The number of nitrogens with zero attached hydrogens (tertiary/aromatic N) is 2. The van der Waals surface area contributed by atoms with Crippen molar-refractivity contribution >= 4 is 21.9 Å². The first-order chi connectivity index (χ1) is 13.4. The van der Waals surface area contributed by atoms with Crippen LogP contribution in [0.15, 0.2) is 29.2 Å². The van der Waals surface area contributed by atoms with Gasteiger partial charge < -0.3 is 9.64 Å². The van der Waals surface area contributed by atoms with Crippen LogP contribution in [0.4, 0.5) is 0 Å². The van der Waals surface area contributed by atoms with Gasteiger partial charge in [0.25, 0.3) is 5.91 Å². The highest BCUT2D eigenvalue weighted by Crippen LogP contribution is 2.30. The molecule has 28 heavy (non-hydrogen) atoms. The molecular formula is C20H28N2O5S. The molecule has 0 atom stereocenters. The van der Waals surface area contributed by atoms with Gasteiger partial charge in [-0.2, -0.15) is 4.31 Å². The van der Waals surface area contributed by atoms with Crippen molar-refractivity contribution in [3.05, 3.63) is 29.8 Å². The Morgan fingerprint density at radius 2 is 1.93 bits per heavy atom. The lowest BCUT2D eigenvalue weighted by Crippen LogP contribution is -2.35. The van der Waals surface area contributed by atoms with Gasteiger partial charge >= 0.3 is 5.97 Å². The number of ether oxygens (including phenoxy) is 1. The fraction of sp³-hybridized carbons (Fsp3) is 0.600. The number of amides is 1. The molecule has 1 amide bonds. The second-order valence-corrected chi connectivity index (χ2v) is 9.33. The van der Waals surface area contributed by atoms with Gasteiger partial charge in [0, 0.05) is 31.7 Å². The van der Waals surface area contributed by atoms with Gasteiger partial charge in [-0.05, 0) is 56.7 Å². The van der Waals surface area contributed by atoms with E-state index in [2.05, 4.69) is 0 Å². The summed E-state index contributed by atoms with van der Waals surface area (Å²) < 4.78 is 32.0. The van der Waals surface area contributed by atoms with Crippen LogP contribution in [0.3, 0.4) is 0 Å². The molecule has 2 fully saturated rings. The van der Waals surface area contributed by atoms with Crippen molar-refractivity contribution in [1.82, 2.24) is 9.21 Å². The van der Waals surface area contributed by atoms with Crippen LogP contribution in [0.1, 0.15) is 49.4 Å². The highest BCUT2D eigenvalue weighted by Gasteiger charge is 2.30. The van der Waals surface area contributed by atoms with E-state index in [0.29, 0.717) is 37.7 Å². The third-order valence-electron chi connectivity index (χ3n) is 5.14. The summed E-state index contributed by atoms with van der Waals surface area (Å²) >= 11 is 0. The molecule has 1 aromatic carbocycles.